The standard InChI is InChI=1S/C43H42F4N2O3/c1-28-24-29(26-48-22-2-4-39(48)42(51,31-6-14-35(44)15-7-31)32-8-16-36(45)17-9-32)41(50)30(25-28)27-49-23-3-5-40(49)43(52,33-10-18-37(46)19-11-33)34-12-20-38(47)21-13-34/h6-21,24-25,39-40,50-52H,2-5,22-23,26-27H2,1H3/t39-,40-/m1/s1. The highest BCUT2D eigenvalue weighted by Crippen LogP contribution is 2.44. The molecule has 2 atom stereocenters. The number of aliphatic hydroxyl groups is 2. The normalized spacial score (nSPS) is 18.7. The van der Waals surface area contributed by atoms with Crippen molar-refractivity contribution in [1.29, 1.82) is 0 Å². The van der Waals surface area contributed by atoms with Gasteiger partial charge in [0.15, 0.2) is 0 Å². The van der Waals surface area contributed by atoms with Crippen LogP contribution in [0.25, 0.3) is 0 Å². The van der Waals surface area contributed by atoms with Crippen LogP contribution in [0.3, 0.4) is 0 Å². The third kappa shape index (κ3) is 6.74. The van der Waals surface area contributed by atoms with Crippen LogP contribution in [0.5, 0.6) is 5.75 Å². The molecule has 0 amide bonds. The lowest BCUT2D eigenvalue weighted by Crippen LogP contribution is -2.48. The lowest BCUT2D eigenvalue weighted by molar-refractivity contribution is -0.00741. The van der Waals surface area contributed by atoms with Gasteiger partial charge in [-0.2, -0.15) is 0 Å². The van der Waals surface area contributed by atoms with E-state index < -0.39 is 46.6 Å². The highest BCUT2D eigenvalue weighted by Gasteiger charge is 2.47. The fraction of sp³-hybridized carbons (Fsp3) is 0.302. The highest BCUT2D eigenvalue weighted by molar-refractivity contribution is 5.45. The molecule has 7 rings (SSSR count). The minimum absolute atomic E-state index is 0.112. The van der Waals surface area contributed by atoms with Gasteiger partial charge in [-0.05, 0) is 116 Å². The zero-order valence-corrected chi connectivity index (χ0v) is 29.0. The van der Waals surface area contributed by atoms with E-state index >= 15 is 0 Å². The van der Waals surface area contributed by atoms with Gasteiger partial charge in [0.2, 0.25) is 0 Å². The van der Waals surface area contributed by atoms with E-state index in [2.05, 4.69) is 9.80 Å². The van der Waals surface area contributed by atoms with Gasteiger partial charge >= 0.3 is 0 Å². The second kappa shape index (κ2) is 14.5. The summed E-state index contributed by atoms with van der Waals surface area (Å²) in [7, 11) is 0. The topological polar surface area (TPSA) is 67.2 Å². The fourth-order valence-electron chi connectivity index (χ4n) is 8.51. The molecule has 9 heteroatoms. The molecule has 5 nitrogen and oxygen atoms in total. The minimum Gasteiger partial charge on any atom is -0.507 e. The predicted molar refractivity (Wildman–Crippen MR) is 191 cm³/mol. The number of aromatic hydroxyl groups is 1. The number of benzene rings is 5. The maximum Gasteiger partial charge on any atom is 0.130 e. The molecule has 2 heterocycles. The Morgan fingerprint density at radius 1 is 0.538 bits per heavy atom. The van der Waals surface area contributed by atoms with E-state index in [0.29, 0.717) is 72.4 Å². The van der Waals surface area contributed by atoms with E-state index in [1.807, 2.05) is 19.1 Å². The first-order chi connectivity index (χ1) is 25.0. The molecule has 2 saturated heterocycles. The summed E-state index contributed by atoms with van der Waals surface area (Å²) in [5.41, 5.74) is 1.04. The highest BCUT2D eigenvalue weighted by atomic mass is 19.1. The number of hydrogen-bond acceptors (Lipinski definition) is 5. The van der Waals surface area contributed by atoms with Crippen LogP contribution in [0.4, 0.5) is 17.6 Å². The summed E-state index contributed by atoms with van der Waals surface area (Å²) in [6.07, 6.45) is 2.78. The molecule has 0 unspecified atom stereocenters. The second-order valence-corrected chi connectivity index (χ2v) is 14.2. The average molecular weight is 711 g/mol. The summed E-state index contributed by atoms with van der Waals surface area (Å²) < 4.78 is 56.1. The third-order valence-corrected chi connectivity index (χ3v) is 11.0. The Balaban J connectivity index is 1.20. The summed E-state index contributed by atoms with van der Waals surface area (Å²) in [5.74, 6) is -1.61. The molecule has 0 aliphatic carbocycles. The average Bonchev–Trinajstić information content (AvgIpc) is 3.81. The summed E-state index contributed by atoms with van der Waals surface area (Å²) in [5, 5.41) is 37.0. The molecule has 2 aliphatic rings. The van der Waals surface area contributed by atoms with Crippen molar-refractivity contribution in [3.63, 3.8) is 0 Å². The molecule has 2 aliphatic heterocycles. The number of nitrogens with zero attached hydrogens (tertiary/aromatic N) is 2. The quantitative estimate of drug-likeness (QED) is 0.128. The maximum absolute atomic E-state index is 14.0. The number of likely N-dealkylation sites (tertiary alicyclic amines) is 2. The first-order valence-electron chi connectivity index (χ1n) is 17.7. The Morgan fingerprint density at radius 2 is 0.827 bits per heavy atom. The zero-order valence-electron chi connectivity index (χ0n) is 29.0. The van der Waals surface area contributed by atoms with Gasteiger partial charge in [-0.1, -0.05) is 66.2 Å². The van der Waals surface area contributed by atoms with E-state index in [1.165, 1.54) is 48.5 Å². The van der Waals surface area contributed by atoms with Crippen molar-refractivity contribution in [2.45, 2.75) is 69.0 Å². The van der Waals surface area contributed by atoms with Crippen LogP contribution in [-0.2, 0) is 24.3 Å². The number of aryl methyl sites for hydroxylation is 1. The molecule has 2 fully saturated rings. The van der Waals surface area contributed by atoms with Crippen molar-refractivity contribution in [3.8, 4) is 5.75 Å². The zero-order chi connectivity index (χ0) is 36.6. The lowest BCUT2D eigenvalue weighted by atomic mass is 9.78. The summed E-state index contributed by atoms with van der Waals surface area (Å²) in [6, 6.07) is 25.9. The Bertz CT molecular complexity index is 1770. The predicted octanol–water partition coefficient (Wildman–Crippen LogP) is 8.06. The van der Waals surface area contributed by atoms with E-state index in [4.69, 9.17) is 0 Å². The van der Waals surface area contributed by atoms with E-state index in [1.54, 1.807) is 48.5 Å². The molecular weight excluding hydrogens is 668 g/mol. The van der Waals surface area contributed by atoms with Crippen molar-refractivity contribution in [2.75, 3.05) is 13.1 Å². The number of hydrogen-bond donors (Lipinski definition) is 3. The van der Waals surface area contributed by atoms with Crippen LogP contribution < -0.4 is 0 Å². The van der Waals surface area contributed by atoms with Crippen LogP contribution in [0, 0.1) is 30.2 Å². The minimum atomic E-state index is -1.59. The number of halogens is 4. The molecular formula is C43H42F4N2O3. The van der Waals surface area contributed by atoms with Crippen molar-refractivity contribution < 1.29 is 32.9 Å². The summed E-state index contributed by atoms with van der Waals surface area (Å²) in [6.45, 7) is 3.85. The molecule has 3 N–H and O–H groups in total. The molecule has 0 bridgehead atoms. The SMILES string of the molecule is Cc1cc(CN2CCC[C@@H]2C(O)(c2ccc(F)cc2)c2ccc(F)cc2)c(O)c(CN2CCC[C@@H]2C(O)(c2ccc(F)cc2)c2ccc(F)cc2)c1. The van der Waals surface area contributed by atoms with Crippen LogP contribution in [0.15, 0.2) is 109 Å². The molecule has 5 aromatic carbocycles. The van der Waals surface area contributed by atoms with Crippen LogP contribution in [0.2, 0.25) is 0 Å². The number of phenols is 1. The van der Waals surface area contributed by atoms with Gasteiger partial charge in [-0.25, -0.2) is 17.6 Å². The number of rotatable bonds is 10. The van der Waals surface area contributed by atoms with Gasteiger partial charge in [-0.3, -0.25) is 9.80 Å². The molecule has 0 aromatic heterocycles. The Labute approximate surface area is 301 Å². The van der Waals surface area contributed by atoms with Crippen molar-refractivity contribution >= 4 is 0 Å². The molecule has 0 saturated carbocycles. The Morgan fingerprint density at radius 3 is 1.12 bits per heavy atom. The Kier molecular flexibility index (Phi) is 9.97. The number of phenolic OH excluding ortho intramolecular Hbond substituents is 1. The summed E-state index contributed by atoms with van der Waals surface area (Å²) >= 11 is 0. The van der Waals surface area contributed by atoms with Gasteiger partial charge in [0.1, 0.15) is 40.2 Å². The van der Waals surface area contributed by atoms with Crippen molar-refractivity contribution in [2.24, 2.45) is 0 Å². The summed E-state index contributed by atoms with van der Waals surface area (Å²) in [4.78, 5) is 4.23. The van der Waals surface area contributed by atoms with E-state index in [9.17, 15) is 32.9 Å². The molecule has 0 spiro atoms. The van der Waals surface area contributed by atoms with E-state index in [0.717, 1.165) is 18.4 Å². The van der Waals surface area contributed by atoms with Gasteiger partial charge in [0, 0.05) is 36.3 Å². The third-order valence-electron chi connectivity index (χ3n) is 11.0. The first kappa shape index (κ1) is 35.8. The molecule has 52 heavy (non-hydrogen) atoms. The molecule has 5 aromatic rings. The second-order valence-electron chi connectivity index (χ2n) is 14.2. The fourth-order valence-corrected chi connectivity index (χ4v) is 8.51. The van der Waals surface area contributed by atoms with Gasteiger partial charge < -0.3 is 15.3 Å². The largest absolute Gasteiger partial charge is 0.507 e. The lowest BCUT2D eigenvalue weighted by Gasteiger charge is -2.41. The van der Waals surface area contributed by atoms with Crippen molar-refractivity contribution in [1.82, 2.24) is 9.80 Å². The van der Waals surface area contributed by atoms with Gasteiger partial charge in [-0.15, -0.1) is 0 Å². The first-order valence-corrected chi connectivity index (χ1v) is 17.7. The monoisotopic (exact) mass is 710 g/mol. The van der Waals surface area contributed by atoms with Crippen molar-refractivity contribution in [3.05, 3.63) is 171 Å². The molecule has 270 valence electrons. The van der Waals surface area contributed by atoms with Crippen LogP contribution >= 0.6 is 0 Å². The van der Waals surface area contributed by atoms with Gasteiger partial charge in [0.25, 0.3) is 0 Å². The smallest absolute Gasteiger partial charge is 0.130 e. The van der Waals surface area contributed by atoms with E-state index in [-0.39, 0.29) is 5.75 Å². The van der Waals surface area contributed by atoms with Crippen LogP contribution in [0.1, 0.15) is 64.6 Å². The van der Waals surface area contributed by atoms with Gasteiger partial charge in [0.05, 0.1) is 0 Å². The Hall–Kier alpha value is -4.54. The maximum atomic E-state index is 14.0. The molecule has 0 radical (unpaired) electrons. The van der Waals surface area contributed by atoms with Crippen LogP contribution in [-0.4, -0.2) is 50.3 Å².